The van der Waals surface area contributed by atoms with E-state index in [1.165, 1.54) is 32.0 Å². The quantitative estimate of drug-likeness (QED) is 0.504. The highest BCUT2D eigenvalue weighted by Crippen LogP contribution is 2.34. The van der Waals surface area contributed by atoms with Gasteiger partial charge in [-0.15, -0.1) is 0 Å². The van der Waals surface area contributed by atoms with Crippen LogP contribution in [0.25, 0.3) is 11.0 Å². The summed E-state index contributed by atoms with van der Waals surface area (Å²) >= 11 is 0. The van der Waals surface area contributed by atoms with E-state index < -0.39 is 22.0 Å². The number of benzene rings is 1. The zero-order valence-electron chi connectivity index (χ0n) is 14.7. The van der Waals surface area contributed by atoms with Gasteiger partial charge in [0, 0.05) is 12.3 Å². The largest absolute Gasteiger partial charge is 0.490 e. The smallest absolute Gasteiger partial charge is 0.321 e. The standard InChI is InChI=1S/C17H21NO7S/c1-4-5-8-24-13-6-7-15(26(22,23)18-10(2)17(20)21)12-9-14(11(3)19)25-16(12)13/h6-7,9-10,18H,4-5,8H2,1-3H3,(H,20,21)/t10-/m0/s1. The van der Waals surface area contributed by atoms with Crippen molar-refractivity contribution in [3.63, 3.8) is 0 Å². The molecule has 0 unspecified atom stereocenters. The van der Waals surface area contributed by atoms with Gasteiger partial charge in [-0.05, 0) is 31.5 Å². The molecule has 2 N–H and O–H groups in total. The van der Waals surface area contributed by atoms with E-state index in [2.05, 4.69) is 4.72 Å². The minimum Gasteiger partial charge on any atom is -0.490 e. The van der Waals surface area contributed by atoms with Crippen LogP contribution in [0.2, 0.25) is 0 Å². The fourth-order valence-corrected chi connectivity index (χ4v) is 3.65. The van der Waals surface area contributed by atoms with Gasteiger partial charge in [0.15, 0.2) is 22.9 Å². The topological polar surface area (TPSA) is 123 Å². The number of carboxylic acid groups (broad SMARTS) is 1. The second-order valence-corrected chi connectivity index (χ2v) is 7.54. The number of carboxylic acids is 1. The number of Topliss-reactive ketones (excluding diaryl/α,β-unsaturated/α-hetero) is 1. The summed E-state index contributed by atoms with van der Waals surface area (Å²) in [6.45, 7) is 4.94. The Balaban J connectivity index is 2.55. The summed E-state index contributed by atoms with van der Waals surface area (Å²) in [6, 6.07) is 2.75. The average Bonchev–Trinajstić information content (AvgIpc) is 3.00. The van der Waals surface area contributed by atoms with E-state index in [-0.39, 0.29) is 27.4 Å². The van der Waals surface area contributed by atoms with Crippen LogP contribution < -0.4 is 9.46 Å². The minimum absolute atomic E-state index is 0.00530. The first-order valence-electron chi connectivity index (χ1n) is 8.12. The van der Waals surface area contributed by atoms with Gasteiger partial charge >= 0.3 is 5.97 Å². The van der Waals surface area contributed by atoms with Crippen LogP contribution >= 0.6 is 0 Å². The molecule has 1 aromatic heterocycles. The fraction of sp³-hybridized carbons (Fsp3) is 0.412. The number of unbranched alkanes of at least 4 members (excludes halogenated alkanes) is 1. The van der Waals surface area contributed by atoms with Crippen molar-refractivity contribution in [2.45, 2.75) is 44.6 Å². The van der Waals surface area contributed by atoms with Crippen molar-refractivity contribution in [3.05, 3.63) is 24.0 Å². The maximum absolute atomic E-state index is 12.6. The van der Waals surface area contributed by atoms with Gasteiger partial charge in [-0.2, -0.15) is 4.72 Å². The molecule has 0 saturated heterocycles. The van der Waals surface area contributed by atoms with E-state index in [1.54, 1.807) is 0 Å². The van der Waals surface area contributed by atoms with E-state index in [0.717, 1.165) is 12.8 Å². The number of furan rings is 1. The van der Waals surface area contributed by atoms with Crippen molar-refractivity contribution in [3.8, 4) is 5.75 Å². The number of carbonyl (C=O) groups excluding carboxylic acids is 1. The summed E-state index contributed by atoms with van der Waals surface area (Å²) in [5.41, 5.74) is 0.136. The molecule has 142 valence electrons. The first-order chi connectivity index (χ1) is 12.2. The van der Waals surface area contributed by atoms with Crippen molar-refractivity contribution in [2.24, 2.45) is 0 Å². The molecule has 26 heavy (non-hydrogen) atoms. The van der Waals surface area contributed by atoms with E-state index >= 15 is 0 Å². The summed E-state index contributed by atoms with van der Waals surface area (Å²) in [5, 5.41) is 9.10. The highest BCUT2D eigenvalue weighted by Gasteiger charge is 2.26. The molecule has 0 bridgehead atoms. The van der Waals surface area contributed by atoms with Gasteiger partial charge in [0.1, 0.15) is 6.04 Å². The molecular formula is C17H21NO7S. The Morgan fingerprint density at radius 2 is 2.04 bits per heavy atom. The number of nitrogens with one attached hydrogen (secondary N) is 1. The van der Waals surface area contributed by atoms with Gasteiger partial charge < -0.3 is 14.3 Å². The van der Waals surface area contributed by atoms with E-state index in [1.807, 2.05) is 6.92 Å². The highest BCUT2D eigenvalue weighted by molar-refractivity contribution is 7.89. The Morgan fingerprint density at radius 1 is 1.35 bits per heavy atom. The van der Waals surface area contributed by atoms with Crippen LogP contribution in [0.4, 0.5) is 0 Å². The number of hydrogen-bond donors (Lipinski definition) is 2. The summed E-state index contributed by atoms with van der Waals surface area (Å²) in [4.78, 5) is 22.4. The molecule has 8 nitrogen and oxygen atoms in total. The molecule has 0 amide bonds. The normalized spacial score (nSPS) is 12.9. The zero-order valence-corrected chi connectivity index (χ0v) is 15.6. The third-order valence-corrected chi connectivity index (χ3v) is 5.30. The molecule has 0 radical (unpaired) electrons. The lowest BCUT2D eigenvalue weighted by Crippen LogP contribution is -2.38. The number of rotatable bonds is 9. The first kappa shape index (κ1) is 19.9. The van der Waals surface area contributed by atoms with Gasteiger partial charge in [-0.25, -0.2) is 8.42 Å². The van der Waals surface area contributed by atoms with Crippen LogP contribution in [0.1, 0.15) is 44.2 Å². The van der Waals surface area contributed by atoms with E-state index in [0.29, 0.717) is 12.4 Å². The molecule has 1 aromatic carbocycles. The Labute approximate surface area is 151 Å². The molecule has 2 rings (SSSR count). The summed E-state index contributed by atoms with van der Waals surface area (Å²) < 4.78 is 38.3. The maximum atomic E-state index is 12.6. The van der Waals surface area contributed by atoms with Crippen LogP contribution in [0.3, 0.4) is 0 Å². The number of sulfonamides is 1. The predicted molar refractivity (Wildman–Crippen MR) is 94.0 cm³/mol. The number of carbonyl (C=O) groups is 2. The lowest BCUT2D eigenvalue weighted by molar-refractivity contribution is -0.138. The minimum atomic E-state index is -4.14. The zero-order chi connectivity index (χ0) is 19.5. The molecule has 0 saturated carbocycles. The molecule has 9 heteroatoms. The molecular weight excluding hydrogens is 362 g/mol. The third kappa shape index (κ3) is 4.23. The molecule has 0 aliphatic carbocycles. The summed E-state index contributed by atoms with van der Waals surface area (Å²) in [6.07, 6.45) is 1.73. The Kier molecular flexibility index (Phi) is 6.04. The number of fused-ring (bicyclic) bond motifs is 1. The third-order valence-electron chi connectivity index (χ3n) is 3.70. The van der Waals surface area contributed by atoms with Gasteiger partial charge in [0.25, 0.3) is 0 Å². The van der Waals surface area contributed by atoms with Crippen molar-refractivity contribution >= 4 is 32.7 Å². The SMILES string of the molecule is CCCCOc1ccc(S(=O)(=O)N[C@@H](C)C(=O)O)c2cc(C(C)=O)oc12. The monoisotopic (exact) mass is 383 g/mol. The number of ketones is 1. The highest BCUT2D eigenvalue weighted by atomic mass is 32.2. The Hall–Kier alpha value is -2.39. The summed E-state index contributed by atoms with van der Waals surface area (Å²) in [5.74, 6) is -1.35. The molecule has 0 aliphatic rings. The van der Waals surface area contributed by atoms with Gasteiger partial charge in [-0.3, -0.25) is 9.59 Å². The molecule has 1 atom stereocenters. The average molecular weight is 383 g/mol. The number of ether oxygens (including phenoxy) is 1. The predicted octanol–water partition coefficient (Wildman–Crippen LogP) is 2.57. The molecule has 2 aromatic rings. The number of hydrogen-bond acceptors (Lipinski definition) is 6. The van der Waals surface area contributed by atoms with Gasteiger partial charge in [0.2, 0.25) is 10.0 Å². The first-order valence-corrected chi connectivity index (χ1v) is 9.61. The molecule has 1 heterocycles. The maximum Gasteiger partial charge on any atom is 0.321 e. The molecule has 0 aliphatic heterocycles. The van der Waals surface area contributed by atoms with Gasteiger partial charge in [0.05, 0.1) is 11.5 Å². The summed E-state index contributed by atoms with van der Waals surface area (Å²) in [7, 11) is -4.14. The second kappa shape index (κ2) is 7.88. The molecule has 0 fully saturated rings. The second-order valence-electron chi connectivity index (χ2n) is 5.85. The Morgan fingerprint density at radius 3 is 2.62 bits per heavy atom. The molecule has 0 spiro atoms. The lowest BCUT2D eigenvalue weighted by atomic mass is 10.2. The van der Waals surface area contributed by atoms with Crippen LogP contribution in [0.15, 0.2) is 27.5 Å². The van der Waals surface area contributed by atoms with Crippen molar-refractivity contribution in [1.29, 1.82) is 0 Å². The van der Waals surface area contributed by atoms with Crippen LogP contribution in [-0.2, 0) is 14.8 Å². The Bertz CT molecular complexity index is 930. The number of aliphatic carboxylic acids is 1. The van der Waals surface area contributed by atoms with Crippen molar-refractivity contribution in [2.75, 3.05) is 6.61 Å². The van der Waals surface area contributed by atoms with Crippen LogP contribution in [-0.4, -0.2) is 37.9 Å². The van der Waals surface area contributed by atoms with E-state index in [4.69, 9.17) is 14.3 Å². The van der Waals surface area contributed by atoms with Crippen molar-refractivity contribution < 1.29 is 32.3 Å². The van der Waals surface area contributed by atoms with E-state index in [9.17, 15) is 18.0 Å². The van der Waals surface area contributed by atoms with Gasteiger partial charge in [-0.1, -0.05) is 13.3 Å². The van der Waals surface area contributed by atoms with Crippen LogP contribution in [0, 0.1) is 0 Å². The van der Waals surface area contributed by atoms with Crippen molar-refractivity contribution in [1.82, 2.24) is 4.72 Å². The lowest BCUT2D eigenvalue weighted by Gasteiger charge is -2.12. The van der Waals surface area contributed by atoms with Crippen LogP contribution in [0.5, 0.6) is 5.75 Å². The fourth-order valence-electron chi connectivity index (χ4n) is 2.27.